The van der Waals surface area contributed by atoms with Crippen molar-refractivity contribution < 1.29 is 0 Å². The molecule has 0 aliphatic rings. The van der Waals surface area contributed by atoms with Crippen molar-refractivity contribution in [2.24, 2.45) is 20.0 Å². The van der Waals surface area contributed by atoms with E-state index in [0.29, 0.717) is 6.54 Å². The van der Waals surface area contributed by atoms with Gasteiger partial charge in [-0.15, -0.1) is 0 Å². The van der Waals surface area contributed by atoms with Crippen LogP contribution in [0.2, 0.25) is 0 Å². The van der Waals surface area contributed by atoms with Crippen LogP contribution in [0.15, 0.2) is 22.0 Å². The summed E-state index contributed by atoms with van der Waals surface area (Å²) in [5.74, 6) is 1.40. The van der Waals surface area contributed by atoms with Gasteiger partial charge in [0.15, 0.2) is 5.56 Å². The van der Waals surface area contributed by atoms with E-state index < -0.39 is 11.2 Å². The van der Waals surface area contributed by atoms with Crippen molar-refractivity contribution in [3.63, 3.8) is 0 Å². The predicted molar refractivity (Wildman–Crippen MR) is 86.3 cm³/mol. The molecular weight excluding hydrogens is 296 g/mol. The van der Waals surface area contributed by atoms with Crippen LogP contribution in [0.3, 0.4) is 0 Å². The Labute approximate surface area is 133 Å². The van der Waals surface area contributed by atoms with E-state index in [9.17, 15) is 14.9 Å². The molecule has 0 aliphatic heterocycles. The van der Waals surface area contributed by atoms with Crippen LogP contribution in [0.5, 0.6) is 0 Å². The van der Waals surface area contributed by atoms with E-state index >= 15 is 0 Å². The smallest absolute Gasteiger partial charge is 0.332 e. The normalized spacial score (nSPS) is 12.0. The van der Waals surface area contributed by atoms with Gasteiger partial charge in [-0.1, -0.05) is 6.92 Å². The molecule has 8 heteroatoms. The van der Waals surface area contributed by atoms with Crippen LogP contribution in [-0.4, -0.2) is 25.2 Å². The van der Waals surface area contributed by atoms with Crippen molar-refractivity contribution in [1.29, 1.82) is 5.26 Å². The van der Waals surface area contributed by atoms with Crippen molar-refractivity contribution in [2.45, 2.75) is 20.4 Å². The highest BCUT2D eigenvalue weighted by Gasteiger charge is 2.16. The highest BCUT2D eigenvalue weighted by Crippen LogP contribution is 2.10. The lowest BCUT2D eigenvalue weighted by Gasteiger charge is -2.18. The van der Waals surface area contributed by atoms with E-state index in [1.165, 1.54) is 18.7 Å². The van der Waals surface area contributed by atoms with Gasteiger partial charge in [0, 0.05) is 39.6 Å². The van der Waals surface area contributed by atoms with Crippen LogP contribution in [0.1, 0.15) is 18.3 Å². The van der Waals surface area contributed by atoms with Crippen LogP contribution in [0, 0.1) is 24.2 Å². The molecule has 122 valence electrons. The number of nitriles is 1. The lowest BCUT2D eigenvalue weighted by atomic mass is 10.1. The Morgan fingerprint density at radius 1 is 1.35 bits per heavy atom. The second-order valence-corrected chi connectivity index (χ2v) is 5.65. The van der Waals surface area contributed by atoms with Gasteiger partial charge in [-0.2, -0.15) is 5.26 Å². The van der Waals surface area contributed by atoms with E-state index in [2.05, 4.69) is 10.3 Å². The monoisotopic (exact) mass is 316 g/mol. The number of aryl methyl sites for hydroxylation is 1. The molecule has 2 heterocycles. The molecule has 0 saturated heterocycles. The molecule has 0 aromatic carbocycles. The van der Waals surface area contributed by atoms with Gasteiger partial charge in [-0.25, -0.2) is 9.78 Å². The van der Waals surface area contributed by atoms with Crippen molar-refractivity contribution in [1.82, 2.24) is 18.7 Å². The zero-order valence-electron chi connectivity index (χ0n) is 13.7. The zero-order chi connectivity index (χ0) is 17.1. The molecule has 1 atom stereocenters. The molecule has 0 bridgehead atoms. The molecule has 0 radical (unpaired) electrons. The van der Waals surface area contributed by atoms with Crippen LogP contribution in [0.25, 0.3) is 0 Å². The van der Waals surface area contributed by atoms with Gasteiger partial charge in [0.2, 0.25) is 0 Å². The van der Waals surface area contributed by atoms with Gasteiger partial charge in [0.05, 0.1) is 0 Å². The Kier molecular flexibility index (Phi) is 4.69. The first kappa shape index (κ1) is 16.5. The van der Waals surface area contributed by atoms with E-state index in [-0.39, 0.29) is 17.3 Å². The highest BCUT2D eigenvalue weighted by molar-refractivity contribution is 5.51. The largest absolute Gasteiger partial charge is 0.370 e. The fraction of sp³-hybridized carbons (Fsp3) is 0.467. The molecule has 0 fully saturated rings. The van der Waals surface area contributed by atoms with Crippen molar-refractivity contribution in [2.75, 3.05) is 11.9 Å². The van der Waals surface area contributed by atoms with Crippen LogP contribution >= 0.6 is 0 Å². The first-order chi connectivity index (χ1) is 10.9. The first-order valence-corrected chi connectivity index (χ1v) is 7.28. The number of hydrogen-bond acceptors (Lipinski definition) is 5. The number of nitrogens with one attached hydrogen (secondary N) is 1. The number of rotatable bonds is 5. The molecule has 8 nitrogen and oxygen atoms in total. The summed E-state index contributed by atoms with van der Waals surface area (Å²) in [7, 11) is 2.90. The Bertz CT molecular complexity index is 868. The molecular formula is C15H20N6O2. The lowest BCUT2D eigenvalue weighted by Crippen LogP contribution is -2.40. The van der Waals surface area contributed by atoms with E-state index in [1.807, 2.05) is 30.7 Å². The molecule has 0 spiro atoms. The van der Waals surface area contributed by atoms with Gasteiger partial charge in [0.1, 0.15) is 17.7 Å². The number of aromatic nitrogens is 4. The summed E-state index contributed by atoms with van der Waals surface area (Å²) in [6.45, 7) is 5.24. The van der Waals surface area contributed by atoms with Gasteiger partial charge in [0.25, 0.3) is 5.56 Å². The summed E-state index contributed by atoms with van der Waals surface area (Å²) in [5, 5.41) is 12.3. The summed E-state index contributed by atoms with van der Waals surface area (Å²) >= 11 is 0. The lowest BCUT2D eigenvalue weighted by molar-refractivity contribution is 0.493. The second kappa shape index (κ2) is 6.52. The maximum Gasteiger partial charge on any atom is 0.332 e. The van der Waals surface area contributed by atoms with Gasteiger partial charge >= 0.3 is 5.69 Å². The van der Waals surface area contributed by atoms with Crippen molar-refractivity contribution in [3.8, 4) is 6.07 Å². The standard InChI is InChI=1S/C15H20N6O2/c1-10(9-21-6-5-17-11(21)2)8-18-13-12(7-16)14(22)20(4)15(23)19(13)3/h5-6,10,18H,8-9H2,1-4H3/t10-/m0/s1. The number of nitrogens with zero attached hydrogens (tertiary/aromatic N) is 5. The molecule has 0 unspecified atom stereocenters. The summed E-state index contributed by atoms with van der Waals surface area (Å²) < 4.78 is 4.25. The quantitative estimate of drug-likeness (QED) is 0.850. The maximum absolute atomic E-state index is 12.0. The van der Waals surface area contributed by atoms with Gasteiger partial charge in [-0.05, 0) is 12.8 Å². The van der Waals surface area contributed by atoms with E-state index in [4.69, 9.17) is 0 Å². The summed E-state index contributed by atoms with van der Waals surface area (Å²) in [5.41, 5.74) is -1.11. The topological polar surface area (TPSA) is 97.6 Å². The van der Waals surface area contributed by atoms with Crippen LogP contribution in [0.4, 0.5) is 5.82 Å². The van der Waals surface area contributed by atoms with Crippen molar-refractivity contribution in [3.05, 3.63) is 44.6 Å². The molecule has 0 aliphatic carbocycles. The molecule has 2 aromatic rings. The summed E-state index contributed by atoms with van der Waals surface area (Å²) in [6, 6.07) is 1.88. The molecule has 0 saturated carbocycles. The highest BCUT2D eigenvalue weighted by atomic mass is 16.2. The zero-order valence-corrected chi connectivity index (χ0v) is 13.7. The molecule has 1 N–H and O–H groups in total. The average Bonchev–Trinajstić information content (AvgIpc) is 2.92. The molecule has 2 rings (SSSR count). The Morgan fingerprint density at radius 3 is 2.61 bits per heavy atom. The maximum atomic E-state index is 12.0. The predicted octanol–water partition coefficient (Wildman–Crippen LogP) is 0.209. The Hall–Kier alpha value is -2.82. The minimum Gasteiger partial charge on any atom is -0.370 e. The molecule has 23 heavy (non-hydrogen) atoms. The summed E-state index contributed by atoms with van der Waals surface area (Å²) in [4.78, 5) is 28.2. The fourth-order valence-electron chi connectivity index (χ4n) is 2.42. The van der Waals surface area contributed by atoms with Crippen molar-refractivity contribution >= 4 is 5.82 Å². The SMILES string of the molecule is Cc1nccn1C[C@@H](C)CNc1c(C#N)c(=O)n(C)c(=O)n1C. The minimum absolute atomic E-state index is 0.0550. The third-order valence-electron chi connectivity index (χ3n) is 3.83. The van der Waals surface area contributed by atoms with E-state index in [1.54, 1.807) is 6.20 Å². The third-order valence-corrected chi connectivity index (χ3v) is 3.83. The van der Waals surface area contributed by atoms with E-state index in [0.717, 1.165) is 16.9 Å². The third kappa shape index (κ3) is 3.18. The first-order valence-electron chi connectivity index (χ1n) is 7.28. The molecule has 2 aromatic heterocycles. The Balaban J connectivity index is 2.21. The number of imidazole rings is 1. The van der Waals surface area contributed by atoms with Crippen LogP contribution < -0.4 is 16.6 Å². The van der Waals surface area contributed by atoms with Gasteiger partial charge < -0.3 is 9.88 Å². The van der Waals surface area contributed by atoms with Gasteiger partial charge in [-0.3, -0.25) is 13.9 Å². The average molecular weight is 316 g/mol. The second-order valence-electron chi connectivity index (χ2n) is 5.65. The number of anilines is 1. The fourth-order valence-corrected chi connectivity index (χ4v) is 2.42. The Morgan fingerprint density at radius 2 is 2.04 bits per heavy atom. The number of hydrogen-bond donors (Lipinski definition) is 1. The summed E-state index contributed by atoms with van der Waals surface area (Å²) in [6.07, 6.45) is 3.65. The minimum atomic E-state index is -0.587. The van der Waals surface area contributed by atoms with Crippen LogP contribution in [-0.2, 0) is 20.6 Å². The molecule has 0 amide bonds.